The Morgan fingerprint density at radius 3 is 2.55 bits per heavy atom. The number of aromatic nitrogens is 2. The molecule has 2 aromatic rings. The van der Waals surface area contributed by atoms with Gasteiger partial charge in [0.15, 0.2) is 5.82 Å². The van der Waals surface area contributed by atoms with E-state index in [1.807, 2.05) is 12.1 Å². The smallest absolute Gasteiger partial charge is 0.153 e. The van der Waals surface area contributed by atoms with Gasteiger partial charge in [-0.25, -0.2) is 0 Å². The minimum Gasteiger partial charge on any atom is -0.496 e. The molecule has 3 N–H and O–H groups in total. The summed E-state index contributed by atoms with van der Waals surface area (Å²) in [6, 6.07) is 6.10. The van der Waals surface area contributed by atoms with Crippen molar-refractivity contribution in [2.75, 3.05) is 12.8 Å². The predicted octanol–water partition coefficient (Wildman–Crippen LogP) is 3.74. The highest BCUT2D eigenvalue weighted by atomic mass is 16.5. The third-order valence-electron chi connectivity index (χ3n) is 3.90. The van der Waals surface area contributed by atoms with Crippen LogP contribution in [0.2, 0.25) is 0 Å². The van der Waals surface area contributed by atoms with Gasteiger partial charge in [-0.05, 0) is 25.0 Å². The maximum absolute atomic E-state index is 6.09. The van der Waals surface area contributed by atoms with E-state index in [9.17, 15) is 0 Å². The van der Waals surface area contributed by atoms with Gasteiger partial charge in [0.05, 0.1) is 12.7 Å². The van der Waals surface area contributed by atoms with Crippen molar-refractivity contribution >= 4 is 5.82 Å². The SMILES string of the molecule is COc1ccc(C)cc1-c1c(N)n[nH]c1C(C)C(C)C. The third-order valence-corrected chi connectivity index (χ3v) is 3.90. The first-order valence-corrected chi connectivity index (χ1v) is 6.94. The summed E-state index contributed by atoms with van der Waals surface area (Å²) in [5, 5.41) is 7.29. The lowest BCUT2D eigenvalue weighted by molar-refractivity contribution is 0.416. The lowest BCUT2D eigenvalue weighted by atomic mass is 9.89. The van der Waals surface area contributed by atoms with Crippen molar-refractivity contribution in [3.63, 3.8) is 0 Å². The third kappa shape index (κ3) is 2.50. The van der Waals surface area contributed by atoms with Crippen molar-refractivity contribution in [1.29, 1.82) is 0 Å². The van der Waals surface area contributed by atoms with Gasteiger partial charge >= 0.3 is 0 Å². The highest BCUT2D eigenvalue weighted by Crippen LogP contribution is 2.40. The monoisotopic (exact) mass is 273 g/mol. The van der Waals surface area contributed by atoms with Gasteiger partial charge in [0.2, 0.25) is 0 Å². The van der Waals surface area contributed by atoms with Crippen molar-refractivity contribution in [2.24, 2.45) is 5.92 Å². The number of aryl methyl sites for hydroxylation is 1. The Labute approximate surface area is 120 Å². The molecule has 0 amide bonds. The molecule has 1 atom stereocenters. The molecule has 0 spiro atoms. The summed E-state index contributed by atoms with van der Waals surface area (Å²) < 4.78 is 5.48. The second kappa shape index (κ2) is 5.57. The van der Waals surface area contributed by atoms with Crippen LogP contribution in [-0.2, 0) is 0 Å². The summed E-state index contributed by atoms with van der Waals surface area (Å²) in [5.41, 5.74) is 10.3. The summed E-state index contributed by atoms with van der Waals surface area (Å²) in [7, 11) is 1.68. The summed E-state index contributed by atoms with van der Waals surface area (Å²) in [6.07, 6.45) is 0. The number of methoxy groups -OCH3 is 1. The summed E-state index contributed by atoms with van der Waals surface area (Å²) in [6.45, 7) is 8.63. The molecule has 1 heterocycles. The predicted molar refractivity (Wildman–Crippen MR) is 83.0 cm³/mol. The Bertz CT molecular complexity index is 602. The van der Waals surface area contributed by atoms with Gasteiger partial charge in [-0.1, -0.05) is 32.4 Å². The molecule has 0 radical (unpaired) electrons. The molecule has 108 valence electrons. The van der Waals surface area contributed by atoms with Crippen LogP contribution in [0.3, 0.4) is 0 Å². The number of nitrogens with one attached hydrogen (secondary N) is 1. The number of benzene rings is 1. The summed E-state index contributed by atoms with van der Waals surface area (Å²) in [5.74, 6) is 2.20. The number of anilines is 1. The number of ether oxygens (including phenoxy) is 1. The topological polar surface area (TPSA) is 63.9 Å². The average Bonchev–Trinajstić information content (AvgIpc) is 2.79. The molecule has 1 aromatic heterocycles. The Morgan fingerprint density at radius 1 is 1.25 bits per heavy atom. The molecule has 0 aliphatic carbocycles. The van der Waals surface area contributed by atoms with Crippen LogP contribution in [0.5, 0.6) is 5.75 Å². The van der Waals surface area contributed by atoms with Crippen LogP contribution < -0.4 is 10.5 Å². The molecule has 0 fully saturated rings. The molecule has 4 nitrogen and oxygen atoms in total. The van der Waals surface area contributed by atoms with Gasteiger partial charge in [0, 0.05) is 17.2 Å². The molecule has 0 aliphatic rings. The van der Waals surface area contributed by atoms with Crippen LogP contribution in [0.15, 0.2) is 18.2 Å². The van der Waals surface area contributed by atoms with Crippen molar-refractivity contribution in [3.05, 3.63) is 29.5 Å². The van der Waals surface area contributed by atoms with Gasteiger partial charge in [-0.3, -0.25) is 5.10 Å². The van der Waals surface area contributed by atoms with Gasteiger partial charge in [-0.15, -0.1) is 0 Å². The number of nitrogen functional groups attached to an aromatic ring is 1. The minimum atomic E-state index is 0.347. The molecule has 0 bridgehead atoms. The van der Waals surface area contributed by atoms with Gasteiger partial charge < -0.3 is 10.5 Å². The quantitative estimate of drug-likeness (QED) is 0.892. The van der Waals surface area contributed by atoms with Crippen molar-refractivity contribution in [1.82, 2.24) is 10.2 Å². The minimum absolute atomic E-state index is 0.347. The first kappa shape index (κ1) is 14.4. The standard InChI is InChI=1S/C16H23N3O/c1-9(2)11(4)15-14(16(17)19-18-15)12-8-10(3)6-7-13(12)20-5/h6-9,11H,1-5H3,(H3,17,18,19). The Kier molecular flexibility index (Phi) is 4.02. The maximum atomic E-state index is 6.09. The van der Waals surface area contributed by atoms with E-state index in [-0.39, 0.29) is 0 Å². The van der Waals surface area contributed by atoms with E-state index >= 15 is 0 Å². The number of nitrogens with zero attached hydrogens (tertiary/aromatic N) is 1. The number of hydrogen-bond acceptors (Lipinski definition) is 3. The van der Waals surface area contributed by atoms with E-state index in [0.29, 0.717) is 17.7 Å². The first-order chi connectivity index (χ1) is 9.45. The molecule has 0 saturated heterocycles. The number of nitrogens with two attached hydrogens (primary N) is 1. The second-order valence-electron chi connectivity index (χ2n) is 5.63. The fourth-order valence-electron chi connectivity index (χ4n) is 2.33. The van der Waals surface area contributed by atoms with E-state index in [1.165, 1.54) is 5.56 Å². The van der Waals surface area contributed by atoms with Gasteiger partial charge in [0.1, 0.15) is 5.75 Å². The Balaban J connectivity index is 2.63. The molecule has 1 aromatic carbocycles. The highest BCUT2D eigenvalue weighted by molar-refractivity contribution is 5.81. The molecule has 0 aliphatic heterocycles. The number of aromatic amines is 1. The second-order valence-corrected chi connectivity index (χ2v) is 5.63. The van der Waals surface area contributed by atoms with E-state index in [0.717, 1.165) is 22.6 Å². The molecular weight excluding hydrogens is 250 g/mol. The molecule has 4 heteroatoms. The normalized spacial score (nSPS) is 12.7. The molecular formula is C16H23N3O. The number of hydrogen-bond donors (Lipinski definition) is 2. The van der Waals surface area contributed by atoms with Crippen LogP contribution in [0.4, 0.5) is 5.82 Å². The fourth-order valence-corrected chi connectivity index (χ4v) is 2.33. The van der Waals surface area contributed by atoms with Crippen LogP contribution in [-0.4, -0.2) is 17.3 Å². The van der Waals surface area contributed by atoms with Crippen LogP contribution in [0.25, 0.3) is 11.1 Å². The molecule has 2 rings (SSSR count). The largest absolute Gasteiger partial charge is 0.496 e. The number of H-pyrrole nitrogens is 1. The van der Waals surface area contributed by atoms with Crippen LogP contribution >= 0.6 is 0 Å². The zero-order chi connectivity index (χ0) is 14.9. The maximum Gasteiger partial charge on any atom is 0.153 e. The van der Waals surface area contributed by atoms with Crippen molar-refractivity contribution in [3.8, 4) is 16.9 Å². The van der Waals surface area contributed by atoms with Crippen molar-refractivity contribution < 1.29 is 4.74 Å². The highest BCUT2D eigenvalue weighted by Gasteiger charge is 2.22. The van der Waals surface area contributed by atoms with E-state index < -0.39 is 0 Å². The first-order valence-electron chi connectivity index (χ1n) is 6.94. The average molecular weight is 273 g/mol. The zero-order valence-corrected chi connectivity index (χ0v) is 12.8. The number of rotatable bonds is 4. The summed E-state index contributed by atoms with van der Waals surface area (Å²) >= 11 is 0. The summed E-state index contributed by atoms with van der Waals surface area (Å²) in [4.78, 5) is 0. The fraction of sp³-hybridized carbons (Fsp3) is 0.438. The molecule has 0 saturated carbocycles. The molecule has 1 unspecified atom stereocenters. The molecule has 20 heavy (non-hydrogen) atoms. The van der Waals surface area contributed by atoms with E-state index in [2.05, 4.69) is 44.0 Å². The van der Waals surface area contributed by atoms with Gasteiger partial charge in [0.25, 0.3) is 0 Å². The lowest BCUT2D eigenvalue weighted by Crippen LogP contribution is -2.05. The van der Waals surface area contributed by atoms with Crippen LogP contribution in [0.1, 0.15) is 37.9 Å². The van der Waals surface area contributed by atoms with E-state index in [4.69, 9.17) is 10.5 Å². The zero-order valence-electron chi connectivity index (χ0n) is 12.8. The Morgan fingerprint density at radius 2 is 1.95 bits per heavy atom. The van der Waals surface area contributed by atoms with E-state index in [1.54, 1.807) is 7.11 Å². The Hall–Kier alpha value is -1.97. The lowest BCUT2D eigenvalue weighted by Gasteiger charge is -2.17. The van der Waals surface area contributed by atoms with Gasteiger partial charge in [-0.2, -0.15) is 5.10 Å². The van der Waals surface area contributed by atoms with Crippen molar-refractivity contribution in [2.45, 2.75) is 33.6 Å². The van der Waals surface area contributed by atoms with Crippen LogP contribution in [0, 0.1) is 12.8 Å².